The molecule has 1 aromatic carbocycles. The highest BCUT2D eigenvalue weighted by Crippen LogP contribution is 2.40. The van der Waals surface area contributed by atoms with Crippen LogP contribution in [0.5, 0.6) is 0 Å². The van der Waals surface area contributed by atoms with Gasteiger partial charge < -0.3 is 20.1 Å². The van der Waals surface area contributed by atoms with Gasteiger partial charge >= 0.3 is 0 Å². The number of aliphatic hydroxyl groups is 1. The van der Waals surface area contributed by atoms with Crippen molar-refractivity contribution in [3.8, 4) is 0 Å². The molecule has 1 saturated carbocycles. The van der Waals surface area contributed by atoms with Gasteiger partial charge in [0.15, 0.2) is 0 Å². The van der Waals surface area contributed by atoms with Crippen molar-refractivity contribution in [2.75, 3.05) is 20.3 Å². The molecule has 1 aromatic rings. The number of carbonyl (C=O) groups is 2. The van der Waals surface area contributed by atoms with Crippen LogP contribution >= 0.6 is 0 Å². The molecule has 3 atom stereocenters. The van der Waals surface area contributed by atoms with Gasteiger partial charge in [0, 0.05) is 19.6 Å². The Morgan fingerprint density at radius 2 is 2.00 bits per heavy atom. The summed E-state index contributed by atoms with van der Waals surface area (Å²) in [7, 11) is 1.46. The number of rotatable bonds is 5. The van der Waals surface area contributed by atoms with Crippen LogP contribution in [0.2, 0.25) is 0 Å². The van der Waals surface area contributed by atoms with Crippen LogP contribution in [0.1, 0.15) is 44.2 Å². The van der Waals surface area contributed by atoms with E-state index in [-0.39, 0.29) is 24.3 Å². The van der Waals surface area contributed by atoms with Crippen LogP contribution in [-0.4, -0.2) is 53.7 Å². The summed E-state index contributed by atoms with van der Waals surface area (Å²) in [5.74, 6) is -0.0946. The third-order valence-corrected chi connectivity index (χ3v) is 5.65. The van der Waals surface area contributed by atoms with E-state index in [2.05, 4.69) is 5.32 Å². The molecule has 0 aromatic heterocycles. The Hall–Kier alpha value is -1.92. The number of hydrogen-bond donors (Lipinski definition) is 2. The number of ether oxygens (including phenoxy) is 1. The Morgan fingerprint density at radius 1 is 1.31 bits per heavy atom. The normalized spacial score (nSPS) is 29.1. The van der Waals surface area contributed by atoms with Gasteiger partial charge in [-0.2, -0.15) is 0 Å². The number of likely N-dealkylation sites (tertiary alicyclic amines) is 1. The minimum atomic E-state index is -1.11. The molecular formula is C20H28N2O4. The molecule has 26 heavy (non-hydrogen) atoms. The quantitative estimate of drug-likeness (QED) is 0.837. The third-order valence-electron chi connectivity index (χ3n) is 5.65. The van der Waals surface area contributed by atoms with Crippen molar-refractivity contribution in [2.24, 2.45) is 5.92 Å². The zero-order chi connectivity index (χ0) is 18.7. The summed E-state index contributed by atoms with van der Waals surface area (Å²) < 4.78 is 4.92. The van der Waals surface area contributed by atoms with Crippen molar-refractivity contribution in [3.05, 3.63) is 35.9 Å². The molecular weight excluding hydrogens is 332 g/mol. The molecule has 1 saturated heterocycles. The van der Waals surface area contributed by atoms with Gasteiger partial charge in [0.05, 0.1) is 17.7 Å². The first-order chi connectivity index (χ1) is 12.4. The molecule has 1 heterocycles. The summed E-state index contributed by atoms with van der Waals surface area (Å²) in [4.78, 5) is 27.1. The number of hydrogen-bond acceptors (Lipinski definition) is 4. The number of benzene rings is 1. The van der Waals surface area contributed by atoms with Crippen LogP contribution in [0.3, 0.4) is 0 Å². The second-order valence-corrected chi connectivity index (χ2v) is 7.60. The molecule has 0 unspecified atom stereocenters. The van der Waals surface area contributed by atoms with E-state index >= 15 is 0 Å². The van der Waals surface area contributed by atoms with E-state index in [1.807, 2.05) is 35.2 Å². The summed E-state index contributed by atoms with van der Waals surface area (Å²) in [6, 6.07) is 8.66. The van der Waals surface area contributed by atoms with Crippen molar-refractivity contribution >= 4 is 11.8 Å². The maximum Gasteiger partial charge on any atom is 0.246 e. The van der Waals surface area contributed by atoms with Gasteiger partial charge in [0.2, 0.25) is 11.8 Å². The van der Waals surface area contributed by atoms with E-state index in [4.69, 9.17) is 4.74 Å². The maximum absolute atomic E-state index is 13.0. The molecule has 6 heteroatoms. The Morgan fingerprint density at radius 3 is 2.58 bits per heavy atom. The van der Waals surface area contributed by atoms with Crippen LogP contribution in [0.15, 0.2) is 30.3 Å². The average molecular weight is 360 g/mol. The summed E-state index contributed by atoms with van der Waals surface area (Å²) >= 11 is 0. The Kier molecular flexibility index (Phi) is 5.63. The van der Waals surface area contributed by atoms with Crippen molar-refractivity contribution in [2.45, 2.75) is 50.3 Å². The number of nitrogens with one attached hydrogen (secondary N) is 1. The number of piperidine rings is 1. The van der Waals surface area contributed by atoms with Crippen molar-refractivity contribution in [3.63, 3.8) is 0 Å². The van der Waals surface area contributed by atoms with Crippen molar-refractivity contribution in [1.29, 1.82) is 0 Å². The van der Waals surface area contributed by atoms with Gasteiger partial charge in [-0.1, -0.05) is 36.8 Å². The first kappa shape index (κ1) is 18.9. The lowest BCUT2D eigenvalue weighted by atomic mass is 9.77. The molecule has 2 fully saturated rings. The number of amides is 2. The molecule has 142 valence electrons. The predicted octanol–water partition coefficient (Wildman–Crippen LogP) is 1.64. The number of nitrogens with zero attached hydrogens (tertiary/aromatic N) is 1. The van der Waals surface area contributed by atoms with Crippen LogP contribution in [0.25, 0.3) is 0 Å². The lowest BCUT2D eigenvalue weighted by molar-refractivity contribution is -0.152. The first-order valence-corrected chi connectivity index (χ1v) is 9.30. The molecule has 2 amide bonds. The molecule has 6 nitrogen and oxygen atoms in total. The largest absolute Gasteiger partial charge is 0.388 e. The molecule has 2 N–H and O–H groups in total. The van der Waals surface area contributed by atoms with Crippen LogP contribution in [0, 0.1) is 5.92 Å². The summed E-state index contributed by atoms with van der Waals surface area (Å²) in [6.07, 6.45) is 3.36. The second-order valence-electron chi connectivity index (χ2n) is 7.60. The van der Waals surface area contributed by atoms with Crippen molar-refractivity contribution in [1.82, 2.24) is 10.2 Å². The topological polar surface area (TPSA) is 78.9 Å². The average Bonchev–Trinajstić information content (AvgIpc) is 2.55. The van der Waals surface area contributed by atoms with Gasteiger partial charge in [-0.3, -0.25) is 9.59 Å². The molecule has 1 aliphatic heterocycles. The minimum absolute atomic E-state index is 0.0691. The standard InChI is InChI=1S/C20H28N2O4/c1-20(25)11-12-22(19(24)15-9-6-10-15)17(14-7-4-3-5-8-14)18(20)21-16(23)13-26-2/h3-5,7-8,15,17-18,25H,6,9-13H2,1-2H3,(H,21,23)/t17-,18-,20+/m0/s1. The molecule has 0 spiro atoms. The van der Waals surface area contributed by atoms with E-state index in [0.717, 1.165) is 24.8 Å². The smallest absolute Gasteiger partial charge is 0.246 e. The first-order valence-electron chi connectivity index (χ1n) is 9.30. The van der Waals surface area contributed by atoms with Gasteiger partial charge in [-0.25, -0.2) is 0 Å². The molecule has 2 aliphatic rings. The van der Waals surface area contributed by atoms with Crippen LogP contribution < -0.4 is 5.32 Å². The molecule has 1 aliphatic carbocycles. The zero-order valence-electron chi connectivity index (χ0n) is 15.5. The van der Waals surface area contributed by atoms with E-state index in [1.54, 1.807) is 6.92 Å². The SMILES string of the molecule is COCC(=O)N[C@H]1[C@H](c2ccccc2)N(C(=O)C2CCC2)CC[C@@]1(C)O. The summed E-state index contributed by atoms with van der Waals surface area (Å²) in [5, 5.41) is 13.9. The predicted molar refractivity (Wildman–Crippen MR) is 97.3 cm³/mol. The van der Waals surface area contributed by atoms with Gasteiger partial charge in [-0.15, -0.1) is 0 Å². The van der Waals surface area contributed by atoms with Gasteiger partial charge in [-0.05, 0) is 31.7 Å². The fourth-order valence-electron chi connectivity index (χ4n) is 3.90. The lowest BCUT2D eigenvalue weighted by Gasteiger charge is -2.50. The molecule has 0 radical (unpaired) electrons. The summed E-state index contributed by atoms with van der Waals surface area (Å²) in [6.45, 7) is 2.13. The van der Waals surface area contributed by atoms with E-state index in [9.17, 15) is 14.7 Å². The Labute approximate surface area is 154 Å². The highest BCUT2D eigenvalue weighted by molar-refractivity contribution is 5.81. The lowest BCUT2D eigenvalue weighted by Crippen LogP contribution is -2.64. The fraction of sp³-hybridized carbons (Fsp3) is 0.600. The maximum atomic E-state index is 13.0. The monoisotopic (exact) mass is 360 g/mol. The third kappa shape index (κ3) is 3.76. The van der Waals surface area contributed by atoms with Crippen molar-refractivity contribution < 1.29 is 19.4 Å². The fourth-order valence-corrected chi connectivity index (χ4v) is 3.90. The summed E-state index contributed by atoms with van der Waals surface area (Å²) in [5.41, 5.74) is -0.191. The molecule has 3 rings (SSSR count). The zero-order valence-corrected chi connectivity index (χ0v) is 15.5. The minimum Gasteiger partial charge on any atom is -0.388 e. The second kappa shape index (κ2) is 7.76. The molecule has 0 bridgehead atoms. The van der Waals surface area contributed by atoms with E-state index in [1.165, 1.54) is 7.11 Å². The van der Waals surface area contributed by atoms with E-state index in [0.29, 0.717) is 13.0 Å². The van der Waals surface area contributed by atoms with Crippen LogP contribution in [-0.2, 0) is 14.3 Å². The van der Waals surface area contributed by atoms with Gasteiger partial charge in [0.1, 0.15) is 6.61 Å². The Bertz CT molecular complexity index is 642. The highest BCUT2D eigenvalue weighted by atomic mass is 16.5. The highest BCUT2D eigenvalue weighted by Gasteiger charge is 2.48. The Balaban J connectivity index is 1.95. The number of methoxy groups -OCH3 is 1. The number of carbonyl (C=O) groups excluding carboxylic acids is 2. The van der Waals surface area contributed by atoms with Gasteiger partial charge in [0.25, 0.3) is 0 Å². The van der Waals surface area contributed by atoms with E-state index < -0.39 is 17.7 Å². The van der Waals surface area contributed by atoms with Crippen LogP contribution in [0.4, 0.5) is 0 Å².